The Bertz CT molecular complexity index is 1040. The zero-order valence-corrected chi connectivity index (χ0v) is 21.7. The fourth-order valence-electron chi connectivity index (χ4n) is 3.79. The van der Waals surface area contributed by atoms with E-state index < -0.39 is 0 Å². The summed E-state index contributed by atoms with van der Waals surface area (Å²) in [6.07, 6.45) is 2.99. The van der Waals surface area contributed by atoms with Crippen LogP contribution in [-0.2, 0) is 16.1 Å². The minimum Gasteiger partial charge on any atom is -0.395 e. The molecule has 0 amide bonds. The lowest BCUT2D eigenvalue weighted by Crippen LogP contribution is -2.25. The van der Waals surface area contributed by atoms with Crippen molar-refractivity contribution in [3.8, 4) is 0 Å². The van der Waals surface area contributed by atoms with Gasteiger partial charge >= 0.3 is 0 Å². The second-order valence-corrected chi connectivity index (χ2v) is 9.60. The minimum absolute atomic E-state index is 0.273. The van der Waals surface area contributed by atoms with Gasteiger partial charge in [-0.15, -0.1) is 0 Å². The number of aromatic nitrogens is 3. The maximum Gasteiger partial charge on any atom is 0.179 e. The Hall–Kier alpha value is -3.03. The SMILES string of the molecule is CCN(CC)c1cc(C)nc(C(C)=NOCC(C)(C)CON=C2CCCc3ccc(C)nc32)n1. The van der Waals surface area contributed by atoms with Crippen LogP contribution in [-0.4, -0.2) is 52.7 Å². The number of oxime groups is 2. The van der Waals surface area contributed by atoms with Crippen molar-refractivity contribution in [1.29, 1.82) is 0 Å². The highest BCUT2D eigenvalue weighted by molar-refractivity contribution is 6.00. The van der Waals surface area contributed by atoms with Crippen molar-refractivity contribution < 1.29 is 9.68 Å². The molecule has 1 aliphatic rings. The Labute approximate surface area is 203 Å². The molecule has 8 nitrogen and oxygen atoms in total. The summed E-state index contributed by atoms with van der Waals surface area (Å²) in [5.74, 6) is 1.49. The third-order valence-corrected chi connectivity index (χ3v) is 5.79. The molecule has 0 aliphatic heterocycles. The van der Waals surface area contributed by atoms with E-state index >= 15 is 0 Å². The van der Waals surface area contributed by atoms with Crippen LogP contribution in [0.5, 0.6) is 0 Å². The van der Waals surface area contributed by atoms with Gasteiger partial charge in [0.2, 0.25) is 0 Å². The molecule has 2 aromatic heterocycles. The molecule has 184 valence electrons. The van der Waals surface area contributed by atoms with Crippen LogP contribution in [0.25, 0.3) is 0 Å². The third-order valence-electron chi connectivity index (χ3n) is 5.79. The molecule has 0 spiro atoms. The summed E-state index contributed by atoms with van der Waals surface area (Å²) in [4.78, 5) is 27.5. The summed E-state index contributed by atoms with van der Waals surface area (Å²) in [5, 5.41) is 8.71. The van der Waals surface area contributed by atoms with Crippen LogP contribution < -0.4 is 4.90 Å². The van der Waals surface area contributed by atoms with E-state index in [0.717, 1.165) is 61.0 Å². The Morgan fingerprint density at radius 1 is 1.00 bits per heavy atom. The molecule has 1 aliphatic carbocycles. The van der Waals surface area contributed by atoms with E-state index in [0.29, 0.717) is 24.7 Å². The maximum atomic E-state index is 5.75. The number of hydrogen-bond acceptors (Lipinski definition) is 8. The van der Waals surface area contributed by atoms with E-state index in [1.165, 1.54) is 5.56 Å². The van der Waals surface area contributed by atoms with Crippen LogP contribution >= 0.6 is 0 Å². The van der Waals surface area contributed by atoms with Gasteiger partial charge in [-0.1, -0.05) is 30.2 Å². The number of anilines is 1. The highest BCUT2D eigenvalue weighted by Crippen LogP contribution is 2.22. The molecule has 2 heterocycles. The van der Waals surface area contributed by atoms with E-state index in [-0.39, 0.29) is 5.41 Å². The van der Waals surface area contributed by atoms with Crippen molar-refractivity contribution in [3.05, 3.63) is 46.7 Å². The van der Waals surface area contributed by atoms with Crippen molar-refractivity contribution >= 4 is 17.2 Å². The zero-order chi connectivity index (χ0) is 24.7. The molecule has 2 aromatic rings. The van der Waals surface area contributed by atoms with Crippen LogP contribution in [0.15, 0.2) is 28.5 Å². The van der Waals surface area contributed by atoms with Gasteiger partial charge in [0.15, 0.2) is 5.82 Å². The molecule has 0 unspecified atom stereocenters. The molecule has 0 fully saturated rings. The van der Waals surface area contributed by atoms with E-state index in [9.17, 15) is 0 Å². The molecule has 0 atom stereocenters. The van der Waals surface area contributed by atoms with Gasteiger partial charge in [0.25, 0.3) is 0 Å². The summed E-state index contributed by atoms with van der Waals surface area (Å²) in [5.41, 5.74) is 5.42. The van der Waals surface area contributed by atoms with E-state index in [1.54, 1.807) is 0 Å². The zero-order valence-electron chi connectivity index (χ0n) is 21.7. The number of rotatable bonds is 10. The fraction of sp³-hybridized carbons (Fsp3) is 0.577. The molecular weight excluding hydrogens is 428 g/mol. The molecule has 0 N–H and O–H groups in total. The fourth-order valence-corrected chi connectivity index (χ4v) is 3.79. The lowest BCUT2D eigenvalue weighted by Gasteiger charge is -2.22. The Morgan fingerprint density at radius 2 is 1.74 bits per heavy atom. The number of aryl methyl sites for hydroxylation is 3. The summed E-state index contributed by atoms with van der Waals surface area (Å²) >= 11 is 0. The average molecular weight is 467 g/mol. The molecule has 34 heavy (non-hydrogen) atoms. The normalized spacial score (nSPS) is 15.3. The van der Waals surface area contributed by atoms with Crippen molar-refractivity contribution in [3.63, 3.8) is 0 Å². The first-order chi connectivity index (χ1) is 16.2. The lowest BCUT2D eigenvalue weighted by molar-refractivity contribution is -0.000177. The van der Waals surface area contributed by atoms with Gasteiger partial charge in [0, 0.05) is 36.0 Å². The van der Waals surface area contributed by atoms with E-state index in [1.807, 2.05) is 26.8 Å². The van der Waals surface area contributed by atoms with Gasteiger partial charge in [-0.2, -0.15) is 0 Å². The standard InChI is InChI=1S/C26H38N6O2/c1-8-32(9-2)23-15-19(4)28-25(29-23)20(5)30-33-16-26(6,7)17-34-31-22-12-10-11-21-14-13-18(3)27-24(21)22/h13-15H,8-12,16-17H2,1-7H3. The summed E-state index contributed by atoms with van der Waals surface area (Å²) < 4.78 is 0. The van der Waals surface area contributed by atoms with Gasteiger partial charge in [-0.25, -0.2) is 9.97 Å². The third kappa shape index (κ3) is 6.74. The van der Waals surface area contributed by atoms with Gasteiger partial charge in [-0.05, 0) is 65.5 Å². The largest absolute Gasteiger partial charge is 0.395 e. The highest BCUT2D eigenvalue weighted by Gasteiger charge is 2.22. The Morgan fingerprint density at radius 3 is 2.47 bits per heavy atom. The number of fused-ring (bicyclic) bond motifs is 1. The smallest absolute Gasteiger partial charge is 0.179 e. The molecule has 0 bridgehead atoms. The van der Waals surface area contributed by atoms with Crippen LogP contribution in [0.2, 0.25) is 0 Å². The number of hydrogen-bond donors (Lipinski definition) is 0. The summed E-state index contributed by atoms with van der Waals surface area (Å²) in [6.45, 7) is 16.8. The first kappa shape index (κ1) is 25.6. The van der Waals surface area contributed by atoms with Gasteiger partial charge in [0.1, 0.15) is 30.5 Å². The highest BCUT2D eigenvalue weighted by atomic mass is 16.6. The second kappa shape index (κ2) is 11.4. The molecule has 0 saturated heterocycles. The van der Waals surface area contributed by atoms with Crippen molar-refractivity contribution in [2.24, 2.45) is 15.7 Å². The van der Waals surface area contributed by atoms with Crippen molar-refractivity contribution in [2.75, 3.05) is 31.2 Å². The van der Waals surface area contributed by atoms with Crippen LogP contribution in [0.1, 0.15) is 75.9 Å². The van der Waals surface area contributed by atoms with Crippen molar-refractivity contribution in [2.45, 2.75) is 67.7 Å². The first-order valence-corrected chi connectivity index (χ1v) is 12.2. The van der Waals surface area contributed by atoms with Crippen LogP contribution in [0.4, 0.5) is 5.82 Å². The predicted molar refractivity (Wildman–Crippen MR) is 137 cm³/mol. The average Bonchev–Trinajstić information content (AvgIpc) is 2.79. The molecule has 0 aromatic carbocycles. The monoisotopic (exact) mass is 466 g/mol. The summed E-state index contributed by atoms with van der Waals surface area (Å²) in [7, 11) is 0. The van der Waals surface area contributed by atoms with Gasteiger partial charge < -0.3 is 14.6 Å². The molecule has 0 radical (unpaired) electrons. The molecule has 8 heteroatoms. The lowest BCUT2D eigenvalue weighted by atomic mass is 9.94. The quantitative estimate of drug-likeness (QED) is 0.367. The van der Waals surface area contributed by atoms with Crippen molar-refractivity contribution in [1.82, 2.24) is 15.0 Å². The van der Waals surface area contributed by atoms with Gasteiger partial charge in [-0.3, -0.25) is 4.98 Å². The predicted octanol–water partition coefficient (Wildman–Crippen LogP) is 4.86. The number of pyridine rings is 1. The number of nitrogens with zero attached hydrogens (tertiary/aromatic N) is 6. The maximum absolute atomic E-state index is 5.75. The Balaban J connectivity index is 1.59. The minimum atomic E-state index is -0.273. The van der Waals surface area contributed by atoms with E-state index in [2.05, 4.69) is 70.0 Å². The van der Waals surface area contributed by atoms with E-state index in [4.69, 9.17) is 9.68 Å². The van der Waals surface area contributed by atoms with Crippen LogP contribution in [0.3, 0.4) is 0 Å². The molecule has 3 rings (SSSR count). The molecular formula is C26H38N6O2. The molecule has 0 saturated carbocycles. The topological polar surface area (TPSA) is 85.1 Å². The Kier molecular flexibility index (Phi) is 8.58. The summed E-state index contributed by atoms with van der Waals surface area (Å²) in [6, 6.07) is 6.19. The van der Waals surface area contributed by atoms with Gasteiger partial charge in [0.05, 0.1) is 5.69 Å². The first-order valence-electron chi connectivity index (χ1n) is 12.2. The van der Waals surface area contributed by atoms with Crippen LogP contribution in [0, 0.1) is 19.3 Å². The second-order valence-electron chi connectivity index (χ2n) is 9.60.